The second kappa shape index (κ2) is 9.99. The molecule has 4 rings (SSSR count). The monoisotopic (exact) mass is 630 g/mol. The number of aliphatic hydroxyl groups is 1. The van der Waals surface area contributed by atoms with Crippen molar-refractivity contribution in [2.45, 2.75) is 45.0 Å². The number of nitrogens with zero attached hydrogens (tertiary/aromatic N) is 3. The van der Waals surface area contributed by atoms with Crippen molar-refractivity contribution in [2.24, 2.45) is 10.9 Å². The van der Waals surface area contributed by atoms with Crippen LogP contribution in [0, 0.1) is 15.3 Å². The molecule has 2 aromatic rings. The van der Waals surface area contributed by atoms with Crippen LogP contribution < -0.4 is 4.72 Å². The molecule has 9 nitrogen and oxygen atoms in total. The molecule has 1 fully saturated rings. The Morgan fingerprint density at radius 3 is 2.42 bits per heavy atom. The van der Waals surface area contributed by atoms with Gasteiger partial charge in [-0.2, -0.15) is 5.06 Å². The Labute approximate surface area is 223 Å². The fourth-order valence-corrected chi connectivity index (χ4v) is 5.88. The first-order chi connectivity index (χ1) is 16.8. The molecule has 0 saturated carbocycles. The zero-order valence-corrected chi connectivity index (χ0v) is 23.1. The van der Waals surface area contributed by atoms with Gasteiger partial charge in [-0.3, -0.25) is 20.0 Å². The van der Waals surface area contributed by atoms with Gasteiger partial charge in [0.2, 0.25) is 10.0 Å². The van der Waals surface area contributed by atoms with Gasteiger partial charge in [0.15, 0.2) is 0 Å². The van der Waals surface area contributed by atoms with E-state index in [1.165, 1.54) is 12.1 Å². The van der Waals surface area contributed by atoms with Crippen LogP contribution in [0.3, 0.4) is 0 Å². The summed E-state index contributed by atoms with van der Waals surface area (Å²) in [4.78, 5) is 4.56. The molecular weight excluding hydrogens is 602 g/mol. The molecule has 5 atom stereocenters. The first kappa shape index (κ1) is 26.9. The van der Waals surface area contributed by atoms with Crippen molar-refractivity contribution in [1.29, 1.82) is 0 Å². The molecular formula is C24H28FIN4O5S. The van der Waals surface area contributed by atoms with Crippen molar-refractivity contribution in [3.63, 3.8) is 0 Å². The number of aliphatic imine (C=N–C) groups is 1. The van der Waals surface area contributed by atoms with Crippen molar-refractivity contribution in [3.8, 4) is 0 Å². The van der Waals surface area contributed by atoms with E-state index in [-0.39, 0.29) is 5.69 Å². The average Bonchev–Trinajstić information content (AvgIpc) is 2.79. The van der Waals surface area contributed by atoms with Crippen molar-refractivity contribution in [1.82, 2.24) is 10.1 Å². The lowest BCUT2D eigenvalue weighted by molar-refractivity contribution is -0.149. The first-order valence-corrected chi connectivity index (χ1v) is 14.3. The molecule has 5 unspecified atom stereocenters. The summed E-state index contributed by atoms with van der Waals surface area (Å²) in [7, 11) is -3.54. The number of anilines is 1. The Hall–Kier alpha value is -2.10. The summed E-state index contributed by atoms with van der Waals surface area (Å²) in [6, 6.07) is 9.00. The molecule has 0 spiro atoms. The summed E-state index contributed by atoms with van der Waals surface area (Å²) >= 11 is 2.00. The molecule has 0 aromatic heterocycles. The molecule has 2 aromatic carbocycles. The Morgan fingerprint density at radius 2 is 1.78 bits per heavy atom. The number of sulfonamides is 1. The van der Waals surface area contributed by atoms with Crippen LogP contribution in [0.5, 0.6) is 0 Å². The highest BCUT2D eigenvalue weighted by atomic mass is 127. The minimum Gasteiger partial charge on any atom is -0.390 e. The summed E-state index contributed by atoms with van der Waals surface area (Å²) < 4.78 is 41.4. The molecule has 2 aliphatic rings. The first-order valence-electron chi connectivity index (χ1n) is 11.3. The molecule has 1 saturated heterocycles. The van der Waals surface area contributed by atoms with E-state index in [9.17, 15) is 28.3 Å². The maximum Gasteiger partial charge on any atom is 0.229 e. The Bertz CT molecular complexity index is 1350. The predicted molar refractivity (Wildman–Crippen MR) is 143 cm³/mol. The van der Waals surface area contributed by atoms with E-state index in [0.29, 0.717) is 31.8 Å². The summed E-state index contributed by atoms with van der Waals surface area (Å²) in [6.07, 6.45) is -0.0780. The number of aliphatic hydroxyl groups excluding tert-OH is 1. The number of hydroxylamine groups is 4. The normalized spacial score (nSPS) is 28.4. The fourth-order valence-electron chi connectivity index (χ4n) is 4.87. The van der Waals surface area contributed by atoms with Gasteiger partial charge in [0.1, 0.15) is 5.82 Å². The number of hydrogen-bond acceptors (Lipinski definition) is 8. The highest BCUT2D eigenvalue weighted by Gasteiger charge is 2.50. The SMILES string of the molecule is CC1C(O)C2C(=Nc3ccc(I)cc3F)C(C)N(O)C(C)C2=C(c2cccc(NS(C)(=O)=O)c2)N1O. The molecule has 12 heteroatoms. The summed E-state index contributed by atoms with van der Waals surface area (Å²) in [6.45, 7) is 5.09. The quantitative estimate of drug-likeness (QED) is 0.379. The standard InChI is InChI=1S/C24H28FIN4O5S/c1-12-20-21(22(13(2)29(12)32)27-19-9-8-16(26)11-18(19)25)24(31)14(3)30(33)23(20)15-6-5-7-17(10-15)28-36(4,34)35/h5-14,21,24,28,31-33H,1-4H3. The van der Waals surface area contributed by atoms with Crippen LogP contribution in [0.15, 0.2) is 53.0 Å². The largest absolute Gasteiger partial charge is 0.390 e. The van der Waals surface area contributed by atoms with E-state index < -0.39 is 46.0 Å². The van der Waals surface area contributed by atoms with Crippen molar-refractivity contribution in [3.05, 3.63) is 63.0 Å². The van der Waals surface area contributed by atoms with E-state index in [1.54, 1.807) is 51.1 Å². The third kappa shape index (κ3) is 5.02. The van der Waals surface area contributed by atoms with Crippen LogP contribution in [0.2, 0.25) is 0 Å². The van der Waals surface area contributed by atoms with Crippen LogP contribution in [-0.2, 0) is 10.0 Å². The maximum absolute atomic E-state index is 14.7. The van der Waals surface area contributed by atoms with Gasteiger partial charge in [-0.05, 0) is 79.3 Å². The minimum absolute atomic E-state index is 0.0757. The van der Waals surface area contributed by atoms with E-state index >= 15 is 0 Å². The summed E-state index contributed by atoms with van der Waals surface area (Å²) in [5, 5.41) is 35.4. The lowest BCUT2D eigenvalue weighted by Crippen LogP contribution is -2.61. The number of fused-ring (bicyclic) bond motifs is 1. The van der Waals surface area contributed by atoms with Gasteiger partial charge < -0.3 is 10.3 Å². The third-order valence-corrected chi connectivity index (χ3v) is 7.93. The smallest absolute Gasteiger partial charge is 0.229 e. The average molecular weight is 630 g/mol. The highest BCUT2D eigenvalue weighted by Crippen LogP contribution is 2.44. The third-order valence-electron chi connectivity index (χ3n) is 6.65. The number of piperidine rings is 1. The molecule has 4 N–H and O–H groups in total. The van der Waals surface area contributed by atoms with E-state index in [1.807, 2.05) is 22.6 Å². The van der Waals surface area contributed by atoms with Crippen molar-refractivity contribution < 1.29 is 28.3 Å². The lowest BCUT2D eigenvalue weighted by atomic mass is 9.72. The number of rotatable bonds is 4. The molecule has 0 radical (unpaired) electrons. The van der Waals surface area contributed by atoms with E-state index in [2.05, 4.69) is 9.71 Å². The fraction of sp³-hybridized carbons (Fsp3) is 0.375. The molecule has 0 aliphatic carbocycles. The number of hydrogen-bond donors (Lipinski definition) is 4. The predicted octanol–water partition coefficient (Wildman–Crippen LogP) is 3.84. The Morgan fingerprint density at radius 1 is 1.08 bits per heavy atom. The van der Waals surface area contributed by atoms with E-state index in [4.69, 9.17) is 0 Å². The molecule has 2 heterocycles. The lowest BCUT2D eigenvalue weighted by Gasteiger charge is -2.50. The van der Waals surface area contributed by atoms with Gasteiger partial charge in [-0.1, -0.05) is 12.1 Å². The second-order valence-corrected chi connectivity index (χ2v) is 12.2. The highest BCUT2D eigenvalue weighted by molar-refractivity contribution is 14.1. The van der Waals surface area contributed by atoms with Gasteiger partial charge in [-0.25, -0.2) is 12.8 Å². The maximum atomic E-state index is 14.7. The topological polar surface area (TPSA) is 126 Å². The van der Waals surface area contributed by atoms with Crippen LogP contribution >= 0.6 is 22.6 Å². The number of halogens is 2. The molecule has 0 amide bonds. The van der Waals surface area contributed by atoms with Gasteiger partial charge in [0.05, 0.1) is 47.8 Å². The van der Waals surface area contributed by atoms with Gasteiger partial charge in [0, 0.05) is 20.5 Å². The second-order valence-electron chi connectivity index (χ2n) is 9.18. The van der Waals surface area contributed by atoms with Crippen LogP contribution in [0.4, 0.5) is 15.8 Å². The molecule has 36 heavy (non-hydrogen) atoms. The Balaban J connectivity index is 1.95. The zero-order chi connectivity index (χ0) is 26.5. The van der Waals surface area contributed by atoms with Crippen LogP contribution in [0.25, 0.3) is 5.70 Å². The molecule has 0 bridgehead atoms. The molecule has 2 aliphatic heterocycles. The van der Waals surface area contributed by atoms with Crippen LogP contribution in [-0.4, -0.2) is 70.3 Å². The van der Waals surface area contributed by atoms with Gasteiger partial charge in [0.25, 0.3) is 0 Å². The number of nitrogens with one attached hydrogen (secondary N) is 1. The van der Waals surface area contributed by atoms with E-state index in [0.717, 1.165) is 16.4 Å². The summed E-state index contributed by atoms with van der Waals surface area (Å²) in [5.41, 5.74) is 1.97. The minimum atomic E-state index is -3.54. The summed E-state index contributed by atoms with van der Waals surface area (Å²) in [5.74, 6) is -1.27. The van der Waals surface area contributed by atoms with Crippen LogP contribution in [0.1, 0.15) is 26.3 Å². The number of benzene rings is 2. The van der Waals surface area contributed by atoms with Gasteiger partial charge in [-0.15, -0.1) is 0 Å². The van der Waals surface area contributed by atoms with Crippen molar-refractivity contribution >= 4 is 55.4 Å². The Kier molecular flexibility index (Phi) is 7.48. The van der Waals surface area contributed by atoms with Gasteiger partial charge >= 0.3 is 0 Å². The zero-order valence-electron chi connectivity index (χ0n) is 20.1. The van der Waals surface area contributed by atoms with Crippen molar-refractivity contribution in [2.75, 3.05) is 11.0 Å². The molecule has 194 valence electrons.